The Morgan fingerprint density at radius 1 is 1.54 bits per heavy atom. The first-order valence-electron chi connectivity index (χ1n) is 4.30. The van der Waals surface area contributed by atoms with E-state index in [0.717, 1.165) is 16.9 Å². The molecule has 1 atom stereocenters. The van der Waals surface area contributed by atoms with Crippen LogP contribution in [-0.2, 0) is 18.0 Å². The summed E-state index contributed by atoms with van der Waals surface area (Å²) in [5, 5.41) is 8.91. The molecular formula is C10H12O3. The maximum absolute atomic E-state index is 8.91. The lowest BCUT2D eigenvalue weighted by molar-refractivity contribution is -0.0944. The van der Waals surface area contributed by atoms with Gasteiger partial charge in [0.15, 0.2) is 6.29 Å². The molecule has 0 spiro atoms. The summed E-state index contributed by atoms with van der Waals surface area (Å²) in [6, 6.07) is 5.64. The van der Waals surface area contributed by atoms with Crippen LogP contribution in [0.3, 0.4) is 0 Å². The molecule has 70 valence electrons. The molecule has 1 aromatic rings. The Labute approximate surface area is 76.9 Å². The zero-order chi connectivity index (χ0) is 9.26. The molecule has 2 rings (SSSR count). The van der Waals surface area contributed by atoms with Crippen molar-refractivity contribution >= 4 is 0 Å². The van der Waals surface area contributed by atoms with Crippen molar-refractivity contribution in [3.8, 4) is 5.75 Å². The van der Waals surface area contributed by atoms with E-state index in [-0.39, 0.29) is 12.9 Å². The first kappa shape index (κ1) is 8.53. The Morgan fingerprint density at radius 2 is 2.38 bits per heavy atom. The van der Waals surface area contributed by atoms with Crippen LogP contribution in [0.15, 0.2) is 18.2 Å². The summed E-state index contributed by atoms with van der Waals surface area (Å²) in [5.41, 5.74) is 1.89. The number of fused-ring (bicyclic) bond motifs is 1. The normalized spacial score (nSPS) is 20.6. The van der Waals surface area contributed by atoms with Crippen LogP contribution in [0.25, 0.3) is 0 Å². The molecule has 1 aliphatic rings. The Kier molecular flexibility index (Phi) is 2.20. The summed E-state index contributed by atoms with van der Waals surface area (Å²) < 4.78 is 10.7. The third-order valence-electron chi connectivity index (χ3n) is 2.07. The van der Waals surface area contributed by atoms with Crippen molar-refractivity contribution in [1.29, 1.82) is 0 Å². The number of aliphatic hydroxyl groups is 1. The lowest BCUT2D eigenvalue weighted by Crippen LogP contribution is -2.21. The van der Waals surface area contributed by atoms with Crippen LogP contribution < -0.4 is 4.74 Å². The highest BCUT2D eigenvalue weighted by Gasteiger charge is 2.15. The van der Waals surface area contributed by atoms with Crippen molar-refractivity contribution in [2.75, 3.05) is 0 Å². The second kappa shape index (κ2) is 3.36. The molecule has 3 heteroatoms. The Hall–Kier alpha value is -1.06. The predicted octanol–water partition coefficient (Wildman–Crippen LogP) is 1.43. The van der Waals surface area contributed by atoms with Gasteiger partial charge in [-0.25, -0.2) is 0 Å². The zero-order valence-corrected chi connectivity index (χ0v) is 7.49. The van der Waals surface area contributed by atoms with E-state index in [1.807, 2.05) is 25.1 Å². The monoisotopic (exact) mass is 180 g/mol. The quantitative estimate of drug-likeness (QED) is 0.710. The average molecular weight is 180 g/mol. The van der Waals surface area contributed by atoms with E-state index >= 15 is 0 Å². The van der Waals surface area contributed by atoms with Crippen LogP contribution in [0.2, 0.25) is 0 Å². The Balaban J connectivity index is 2.31. The highest BCUT2D eigenvalue weighted by atomic mass is 16.7. The predicted molar refractivity (Wildman–Crippen MR) is 47.2 cm³/mol. The molecule has 13 heavy (non-hydrogen) atoms. The zero-order valence-electron chi connectivity index (χ0n) is 7.49. The number of hydrogen-bond acceptors (Lipinski definition) is 3. The molecule has 1 heterocycles. The van der Waals surface area contributed by atoms with Gasteiger partial charge in [-0.05, 0) is 24.6 Å². The van der Waals surface area contributed by atoms with E-state index in [1.54, 1.807) is 0 Å². The smallest absolute Gasteiger partial charge is 0.197 e. The van der Waals surface area contributed by atoms with E-state index in [4.69, 9.17) is 14.6 Å². The number of hydrogen-bond donors (Lipinski definition) is 1. The SMILES string of the molecule is C[C@H]1OCc2cc(CO)ccc2O1. The molecule has 0 saturated carbocycles. The van der Waals surface area contributed by atoms with Gasteiger partial charge in [0.05, 0.1) is 13.2 Å². The van der Waals surface area contributed by atoms with Crippen LogP contribution in [0.5, 0.6) is 5.75 Å². The van der Waals surface area contributed by atoms with Crippen molar-refractivity contribution < 1.29 is 14.6 Å². The topological polar surface area (TPSA) is 38.7 Å². The maximum Gasteiger partial charge on any atom is 0.197 e. The number of benzene rings is 1. The molecule has 1 N–H and O–H groups in total. The minimum atomic E-state index is -0.174. The third-order valence-corrected chi connectivity index (χ3v) is 2.07. The van der Waals surface area contributed by atoms with Gasteiger partial charge >= 0.3 is 0 Å². The van der Waals surface area contributed by atoms with Gasteiger partial charge in [-0.1, -0.05) is 6.07 Å². The summed E-state index contributed by atoms with van der Waals surface area (Å²) in [5.74, 6) is 0.857. The summed E-state index contributed by atoms with van der Waals surface area (Å²) in [7, 11) is 0. The molecule has 0 radical (unpaired) electrons. The molecule has 0 unspecified atom stereocenters. The first-order chi connectivity index (χ1) is 6.29. The average Bonchev–Trinajstić information content (AvgIpc) is 2.17. The molecule has 1 aromatic carbocycles. The van der Waals surface area contributed by atoms with Gasteiger partial charge in [0.25, 0.3) is 0 Å². The van der Waals surface area contributed by atoms with Crippen molar-refractivity contribution in [2.45, 2.75) is 26.4 Å². The molecule has 0 aliphatic carbocycles. The summed E-state index contributed by atoms with van der Waals surface area (Å²) in [6.45, 7) is 2.48. The van der Waals surface area contributed by atoms with Crippen LogP contribution in [0, 0.1) is 0 Å². The van der Waals surface area contributed by atoms with Crippen LogP contribution in [0.4, 0.5) is 0 Å². The van der Waals surface area contributed by atoms with Gasteiger partial charge in [0, 0.05) is 5.56 Å². The third kappa shape index (κ3) is 1.66. The fraction of sp³-hybridized carbons (Fsp3) is 0.400. The molecule has 0 bridgehead atoms. The van der Waals surface area contributed by atoms with Crippen LogP contribution in [0.1, 0.15) is 18.1 Å². The molecule has 0 saturated heterocycles. The van der Waals surface area contributed by atoms with Crippen LogP contribution >= 0.6 is 0 Å². The molecule has 0 amide bonds. The Morgan fingerprint density at radius 3 is 3.15 bits per heavy atom. The minimum absolute atomic E-state index is 0.0584. The van der Waals surface area contributed by atoms with E-state index < -0.39 is 0 Å². The second-order valence-electron chi connectivity index (χ2n) is 3.10. The van der Waals surface area contributed by atoms with E-state index in [2.05, 4.69) is 0 Å². The fourth-order valence-corrected chi connectivity index (χ4v) is 1.38. The van der Waals surface area contributed by atoms with E-state index in [1.165, 1.54) is 0 Å². The lowest BCUT2D eigenvalue weighted by Gasteiger charge is -2.23. The standard InChI is InChI=1S/C10H12O3/c1-7-12-6-9-4-8(5-11)2-3-10(9)13-7/h2-4,7,11H,5-6H2,1H3/t7-/m0/s1. The molecule has 0 fully saturated rings. The number of rotatable bonds is 1. The van der Waals surface area contributed by atoms with Gasteiger partial charge in [0.2, 0.25) is 0 Å². The largest absolute Gasteiger partial charge is 0.465 e. The highest BCUT2D eigenvalue weighted by molar-refractivity contribution is 5.37. The van der Waals surface area contributed by atoms with Gasteiger partial charge < -0.3 is 14.6 Å². The van der Waals surface area contributed by atoms with E-state index in [0.29, 0.717) is 6.61 Å². The number of aliphatic hydroxyl groups excluding tert-OH is 1. The van der Waals surface area contributed by atoms with Crippen molar-refractivity contribution in [3.63, 3.8) is 0 Å². The molecule has 0 aromatic heterocycles. The maximum atomic E-state index is 8.91. The fourth-order valence-electron chi connectivity index (χ4n) is 1.38. The van der Waals surface area contributed by atoms with Gasteiger partial charge in [-0.15, -0.1) is 0 Å². The lowest BCUT2D eigenvalue weighted by atomic mass is 10.1. The first-order valence-corrected chi connectivity index (χ1v) is 4.30. The molecular weight excluding hydrogens is 168 g/mol. The summed E-state index contributed by atoms with van der Waals surface area (Å²) >= 11 is 0. The van der Waals surface area contributed by atoms with Gasteiger partial charge in [0.1, 0.15) is 5.75 Å². The van der Waals surface area contributed by atoms with Crippen molar-refractivity contribution in [3.05, 3.63) is 29.3 Å². The summed E-state index contributed by atoms with van der Waals surface area (Å²) in [6.07, 6.45) is -0.174. The van der Waals surface area contributed by atoms with E-state index in [9.17, 15) is 0 Å². The minimum Gasteiger partial charge on any atom is -0.465 e. The Bertz CT molecular complexity index is 309. The molecule has 1 aliphatic heterocycles. The van der Waals surface area contributed by atoms with Gasteiger partial charge in [-0.2, -0.15) is 0 Å². The van der Waals surface area contributed by atoms with Crippen molar-refractivity contribution in [1.82, 2.24) is 0 Å². The molecule has 3 nitrogen and oxygen atoms in total. The van der Waals surface area contributed by atoms with Gasteiger partial charge in [-0.3, -0.25) is 0 Å². The van der Waals surface area contributed by atoms with Crippen molar-refractivity contribution in [2.24, 2.45) is 0 Å². The highest BCUT2D eigenvalue weighted by Crippen LogP contribution is 2.26. The van der Waals surface area contributed by atoms with Crippen LogP contribution in [-0.4, -0.2) is 11.4 Å². The second-order valence-corrected chi connectivity index (χ2v) is 3.10. The number of ether oxygens (including phenoxy) is 2. The summed E-state index contributed by atoms with van der Waals surface area (Å²) in [4.78, 5) is 0.